The van der Waals surface area contributed by atoms with Crippen LogP contribution in [0, 0.1) is 0 Å². The molecule has 0 aliphatic heterocycles. The molecule has 0 bridgehead atoms. The summed E-state index contributed by atoms with van der Waals surface area (Å²) < 4.78 is 16.8. The van der Waals surface area contributed by atoms with E-state index in [4.69, 9.17) is 14.2 Å². The molecule has 0 saturated heterocycles. The lowest BCUT2D eigenvalue weighted by molar-refractivity contribution is -0.167. The highest BCUT2D eigenvalue weighted by Crippen LogP contribution is 2.12. The number of hydrogen-bond acceptors (Lipinski definition) is 6. The molecule has 1 unspecified atom stereocenters. The van der Waals surface area contributed by atoms with E-state index < -0.39 is 6.10 Å². The largest absolute Gasteiger partial charge is 0.462 e. The maximum Gasteiger partial charge on any atom is 0.306 e. The smallest absolute Gasteiger partial charge is 0.306 e. The first-order valence-electron chi connectivity index (χ1n) is 30.9. The standard InChI is InChI=1S/C73H110O6/c1-4-7-10-13-16-19-22-25-28-31-32-33-34-35-36-37-38-39-40-43-45-48-51-54-57-60-63-66-72(75)78-69-70(79-73(76)67-64-61-58-55-52-49-46-42-30-27-24-21-18-15-12-9-6-3)68-77-71(74)65-62-59-56-53-50-47-44-41-29-26-23-20-17-14-11-8-5-2/h7-12,16-21,25-30,32-33,35-36,38-39,43-47,49,51,54,70H,4-6,13-15,22-24,31,34,37,40-42,48,50,52-53,55-69H2,1-3H3/b10-7-,11-8-,12-9-,19-16-,20-17-,21-18-,28-25-,29-26-,30-27-,33-32-,36-35-,39-38-,45-43-,47-44-,49-46-,54-51-. The molecule has 0 rings (SSSR count). The molecule has 0 aromatic rings. The zero-order valence-electron chi connectivity index (χ0n) is 50.0. The average Bonchev–Trinajstić information content (AvgIpc) is 3.45. The van der Waals surface area contributed by atoms with Gasteiger partial charge in [0.1, 0.15) is 13.2 Å². The second kappa shape index (κ2) is 64.8. The van der Waals surface area contributed by atoms with Crippen molar-refractivity contribution in [2.75, 3.05) is 13.2 Å². The van der Waals surface area contributed by atoms with Crippen LogP contribution in [-0.2, 0) is 28.6 Å². The first-order chi connectivity index (χ1) is 39.0. The van der Waals surface area contributed by atoms with Crippen molar-refractivity contribution < 1.29 is 28.6 Å². The Labute approximate surface area is 484 Å². The van der Waals surface area contributed by atoms with Gasteiger partial charge >= 0.3 is 17.9 Å². The molecule has 0 saturated carbocycles. The van der Waals surface area contributed by atoms with Gasteiger partial charge in [0.15, 0.2) is 6.10 Å². The molecule has 6 heteroatoms. The average molecular weight is 1080 g/mol. The highest BCUT2D eigenvalue weighted by atomic mass is 16.6. The predicted molar refractivity (Wildman–Crippen MR) is 343 cm³/mol. The van der Waals surface area contributed by atoms with Crippen molar-refractivity contribution in [3.05, 3.63) is 194 Å². The minimum Gasteiger partial charge on any atom is -0.462 e. The summed E-state index contributed by atoms with van der Waals surface area (Å²) in [5, 5.41) is 0. The van der Waals surface area contributed by atoms with Crippen LogP contribution in [0.25, 0.3) is 0 Å². The number of carbonyl (C=O) groups excluding carboxylic acids is 3. The highest BCUT2D eigenvalue weighted by molar-refractivity contribution is 5.71. The third-order valence-electron chi connectivity index (χ3n) is 12.1. The molecule has 79 heavy (non-hydrogen) atoms. The SMILES string of the molecule is CC/C=C\C/C=C\C/C=C\C/C=C\C/C=C\C/C=C\C/C=C\C/C=C\CCCCC(=O)OCC(COC(=O)CCCCCC/C=C\C/C=C\C/C=C\C/C=C\CC)OC(=O)CCCCCC/C=C\C/C=C\C/C=C\C/C=C\CC. The zero-order valence-corrected chi connectivity index (χ0v) is 50.0. The fraction of sp³-hybridized carbons (Fsp3) is 0.521. The van der Waals surface area contributed by atoms with Gasteiger partial charge in [-0.1, -0.05) is 241 Å². The lowest BCUT2D eigenvalue weighted by Gasteiger charge is -2.18. The van der Waals surface area contributed by atoms with Gasteiger partial charge in [-0.25, -0.2) is 0 Å². The van der Waals surface area contributed by atoms with Crippen molar-refractivity contribution in [3.63, 3.8) is 0 Å². The van der Waals surface area contributed by atoms with Gasteiger partial charge in [-0.3, -0.25) is 14.4 Å². The Hall–Kier alpha value is -5.75. The molecule has 0 spiro atoms. The van der Waals surface area contributed by atoms with E-state index in [0.717, 1.165) is 180 Å². The number of rotatable bonds is 53. The first kappa shape index (κ1) is 73.2. The van der Waals surface area contributed by atoms with E-state index in [2.05, 4.69) is 215 Å². The van der Waals surface area contributed by atoms with Crippen LogP contribution in [0.1, 0.15) is 226 Å². The Morgan fingerprint density at radius 3 is 0.722 bits per heavy atom. The van der Waals surface area contributed by atoms with E-state index in [-0.39, 0.29) is 44.0 Å². The van der Waals surface area contributed by atoms with Gasteiger partial charge < -0.3 is 14.2 Å². The normalized spacial score (nSPS) is 13.5. The number of hydrogen-bond donors (Lipinski definition) is 0. The van der Waals surface area contributed by atoms with Crippen LogP contribution in [-0.4, -0.2) is 37.2 Å². The van der Waals surface area contributed by atoms with Crippen molar-refractivity contribution in [1.82, 2.24) is 0 Å². The molecule has 0 aliphatic rings. The van der Waals surface area contributed by atoms with Crippen molar-refractivity contribution >= 4 is 17.9 Å². The van der Waals surface area contributed by atoms with E-state index in [1.807, 2.05) is 0 Å². The van der Waals surface area contributed by atoms with Gasteiger partial charge in [0.2, 0.25) is 0 Å². The van der Waals surface area contributed by atoms with Crippen LogP contribution >= 0.6 is 0 Å². The molecule has 1 atom stereocenters. The summed E-state index contributed by atoms with van der Waals surface area (Å²) in [4.78, 5) is 38.3. The topological polar surface area (TPSA) is 78.9 Å². The minimum atomic E-state index is -0.833. The van der Waals surface area contributed by atoms with Crippen LogP contribution in [0.3, 0.4) is 0 Å². The molecule has 0 aliphatic carbocycles. The van der Waals surface area contributed by atoms with Crippen molar-refractivity contribution in [1.29, 1.82) is 0 Å². The Kier molecular flexibility index (Phi) is 60.1. The summed E-state index contributed by atoms with van der Waals surface area (Å²) in [6.45, 7) is 6.20. The van der Waals surface area contributed by atoms with E-state index in [1.54, 1.807) is 0 Å². The minimum absolute atomic E-state index is 0.126. The van der Waals surface area contributed by atoms with Gasteiger partial charge in [0.25, 0.3) is 0 Å². The number of carbonyl (C=O) groups is 3. The summed E-state index contributed by atoms with van der Waals surface area (Å²) in [6.07, 6.45) is 98.5. The number of esters is 3. The van der Waals surface area contributed by atoms with E-state index in [9.17, 15) is 14.4 Å². The fourth-order valence-electron chi connectivity index (χ4n) is 7.56. The summed E-state index contributed by atoms with van der Waals surface area (Å²) in [7, 11) is 0. The molecular weight excluding hydrogens is 973 g/mol. The molecule has 0 heterocycles. The molecule has 0 aromatic carbocycles. The zero-order chi connectivity index (χ0) is 57.1. The highest BCUT2D eigenvalue weighted by Gasteiger charge is 2.19. The Morgan fingerprint density at radius 2 is 0.456 bits per heavy atom. The predicted octanol–water partition coefficient (Wildman–Crippen LogP) is 21.4. The van der Waals surface area contributed by atoms with Crippen LogP contribution in [0.2, 0.25) is 0 Å². The summed E-state index contributed by atoms with van der Waals surface area (Å²) in [5.74, 6) is -1.03. The van der Waals surface area contributed by atoms with Crippen molar-refractivity contribution in [2.45, 2.75) is 232 Å². The van der Waals surface area contributed by atoms with Crippen LogP contribution in [0.4, 0.5) is 0 Å². The monoisotopic (exact) mass is 1080 g/mol. The molecule has 0 N–H and O–H groups in total. The third-order valence-corrected chi connectivity index (χ3v) is 12.1. The molecule has 0 fully saturated rings. The van der Waals surface area contributed by atoms with E-state index >= 15 is 0 Å². The summed E-state index contributed by atoms with van der Waals surface area (Å²) >= 11 is 0. The quantitative estimate of drug-likeness (QED) is 0.0261. The van der Waals surface area contributed by atoms with Gasteiger partial charge in [0, 0.05) is 19.3 Å². The number of ether oxygens (including phenoxy) is 3. The number of allylic oxidation sites excluding steroid dienone is 32. The Balaban J connectivity index is 4.57. The number of unbranched alkanes of at least 4 members (excludes halogenated alkanes) is 10. The molecule has 0 amide bonds. The third kappa shape index (κ3) is 63.0. The van der Waals surface area contributed by atoms with Crippen molar-refractivity contribution in [2.24, 2.45) is 0 Å². The Morgan fingerprint density at radius 1 is 0.253 bits per heavy atom. The fourth-order valence-corrected chi connectivity index (χ4v) is 7.56. The van der Waals surface area contributed by atoms with E-state index in [0.29, 0.717) is 12.8 Å². The lowest BCUT2D eigenvalue weighted by atomic mass is 10.1. The lowest BCUT2D eigenvalue weighted by Crippen LogP contribution is -2.30. The first-order valence-corrected chi connectivity index (χ1v) is 30.9. The summed E-state index contributed by atoms with van der Waals surface area (Å²) in [6, 6.07) is 0. The van der Waals surface area contributed by atoms with Crippen LogP contribution in [0.5, 0.6) is 0 Å². The van der Waals surface area contributed by atoms with Gasteiger partial charge in [0.05, 0.1) is 0 Å². The van der Waals surface area contributed by atoms with Gasteiger partial charge in [-0.05, 0) is 161 Å². The maximum absolute atomic E-state index is 12.9. The maximum atomic E-state index is 12.9. The molecular formula is C73H110O6. The van der Waals surface area contributed by atoms with Gasteiger partial charge in [-0.15, -0.1) is 0 Å². The molecule has 438 valence electrons. The van der Waals surface area contributed by atoms with Crippen LogP contribution in [0.15, 0.2) is 194 Å². The van der Waals surface area contributed by atoms with Gasteiger partial charge in [-0.2, -0.15) is 0 Å². The second-order valence-corrected chi connectivity index (χ2v) is 19.5. The Bertz CT molecular complexity index is 1920. The van der Waals surface area contributed by atoms with Crippen LogP contribution < -0.4 is 0 Å². The van der Waals surface area contributed by atoms with Crippen molar-refractivity contribution in [3.8, 4) is 0 Å². The summed E-state index contributed by atoms with van der Waals surface area (Å²) in [5.41, 5.74) is 0. The van der Waals surface area contributed by atoms with E-state index in [1.165, 1.54) is 0 Å². The molecule has 0 aromatic heterocycles. The molecule has 0 radical (unpaired) electrons. The second-order valence-electron chi connectivity index (χ2n) is 19.5. The molecule has 6 nitrogen and oxygen atoms in total.